The Hall–Kier alpha value is -9.35. The fraction of sp³-hybridized carbons (Fsp3) is 0.564. The molecule has 8 aromatic rings. The summed E-state index contributed by atoms with van der Waals surface area (Å²) >= 11 is 0. The average Bonchev–Trinajstić information content (AvgIpc) is 0.937. The Kier molecular flexibility index (Phi) is 79.2. The number of benzene rings is 8. The van der Waals surface area contributed by atoms with Crippen LogP contribution in [0.3, 0.4) is 0 Å². The SMILES string of the molecule is C=CCC(C)C.C=CCOC(=O)C(C)C.CC(=O)C(C)C.CC(C)C.CC(C)C(=O)OC(C)(C)C.CC(C)C(=O)OCC1c2ccccc2-c2ccccc21.CC(C)C(=O)OCC[SiH2]C(C)(C)C.CC(C)C(=O)OCc1ccccc1.CC(C)C(C)(C)C.CC(C)C(c1ccccc1)(c1ccccc1)c1ccccc1.CC(C)Cc1ccc(CO)cc1.CC(C)Cc1ccccc1.CC(C)[Si](C)(C)C(C)(C)C.CCC(C)C. The van der Waals surface area contributed by atoms with Crippen LogP contribution in [0.25, 0.3) is 11.1 Å². The zero-order valence-electron chi connectivity index (χ0n) is 102. The summed E-state index contributed by atoms with van der Waals surface area (Å²) in [5.74, 6) is 4.99. The predicted octanol–water partition coefficient (Wildman–Crippen LogP) is 36.4. The number of rotatable bonds is 28. The minimum absolute atomic E-state index is 0.0105. The van der Waals surface area contributed by atoms with Gasteiger partial charge in [0.15, 0.2) is 0 Å². The third-order valence-corrected chi connectivity index (χ3v) is 33.2. The highest BCUT2D eigenvalue weighted by atomic mass is 28.3. The highest BCUT2D eigenvalue weighted by Crippen LogP contribution is 2.47. The molecule has 0 saturated heterocycles. The molecule has 0 atom stereocenters. The normalized spacial score (nSPS) is 11.4. The number of aliphatic hydroxyl groups excluding tert-OH is 1. The van der Waals surface area contributed by atoms with Crippen LogP contribution in [0.2, 0.25) is 34.8 Å². The molecule has 0 spiro atoms. The van der Waals surface area contributed by atoms with E-state index < -0.39 is 8.07 Å². The lowest BCUT2D eigenvalue weighted by atomic mass is 9.63. The standard InChI is InChI=1S/C22H22.C18H18O2.C11H14O2.C11H16O.C10H22O2Si.C10H14.C9H22Si.C8H16O2.C7H12O2.C7H16.C6H12.C5H10O.C5H12.C4H10/c1-18(2)22(19-12-6-3-7-13-19,20-14-8-4-9-15-20)21-16-10-5-11-17-21;1-12(2)18(19)20-11-17-15-9-5-3-7-13(15)14-8-4-6-10-16(14)17;1-9(2)11(12)13-8-10-6-4-3-5-7-10;1-9(2)7-10-3-5-11(8-12)6-4-10;1-8(2)9(11)12-6-7-13-10(3,4)5;1-9(2)8-10-6-4-3-5-7-10;1-8(2)10(6,7)9(3,4)5;1-6(2)7(9)10-8(3,4)5;1-4-5-9-7(8)6(2)3;1-6(2)7(3,4)5;1-4-5-6(2)3;1-4(2)5(3)6;1-4-5(2)3;1-4(2)3/h3-18H,1-2H3;3-10,12,17H,11H2,1-2H3;3-7,9H,8H2,1-2H3;3-6,9,12H,7-8H2,1-2H3;8H,6-7,13H2,1-5H3;3-7,9H,8H2,1-2H3;8H,1-7H3;6H,1-5H3;4,6H,1,5H2,2-3H3;6H,1-5H3;4,6H,1,5H2,2-3H3;4H,1-3H3;5H,4H2,1-3H3;4H,1-3H3. The van der Waals surface area contributed by atoms with Crippen molar-refractivity contribution in [2.75, 3.05) is 19.8 Å². The Bertz CT molecular complexity index is 4520. The van der Waals surface area contributed by atoms with E-state index in [0.29, 0.717) is 53.8 Å². The average molecular weight is 2060 g/mol. The molecule has 1 aliphatic carbocycles. The third-order valence-electron chi connectivity index (χ3n) is 24.3. The molecule has 1 aliphatic rings. The monoisotopic (exact) mass is 2060 g/mol. The molecule has 0 aliphatic heterocycles. The number of carbonyl (C=O) groups is 6. The van der Waals surface area contributed by atoms with Crippen molar-refractivity contribution in [2.45, 2.75) is 388 Å². The molecule has 0 aromatic heterocycles. The lowest BCUT2D eigenvalue weighted by molar-refractivity contribution is -0.158. The number of allylic oxidation sites excluding steroid dienone is 1. The van der Waals surface area contributed by atoms with Crippen molar-refractivity contribution in [3.05, 3.63) is 300 Å². The Labute approximate surface area is 906 Å². The van der Waals surface area contributed by atoms with Crippen LogP contribution in [-0.2, 0) is 83.9 Å². The van der Waals surface area contributed by atoms with E-state index in [1.165, 1.54) is 62.9 Å². The van der Waals surface area contributed by atoms with Gasteiger partial charge in [-0.3, -0.25) is 28.8 Å². The topological polar surface area (TPSA) is 169 Å². The number of ketones is 1. The maximum absolute atomic E-state index is 11.7. The Morgan fingerprint density at radius 2 is 0.687 bits per heavy atom. The molecular formula is C133H216O12Si2. The van der Waals surface area contributed by atoms with Crippen LogP contribution in [0, 0.1) is 82.3 Å². The van der Waals surface area contributed by atoms with Gasteiger partial charge >= 0.3 is 29.8 Å². The Morgan fingerprint density at radius 1 is 0.381 bits per heavy atom. The molecule has 1 N–H and O–H groups in total. The summed E-state index contributed by atoms with van der Waals surface area (Å²) in [7, 11) is -1.08. The number of ether oxygens (including phenoxy) is 5. The van der Waals surface area contributed by atoms with Crippen LogP contribution in [0.15, 0.2) is 250 Å². The van der Waals surface area contributed by atoms with E-state index in [1.54, 1.807) is 26.8 Å². The minimum atomic E-state index is -0.982. The number of aliphatic hydroxyl groups is 1. The molecule has 14 heteroatoms. The summed E-state index contributed by atoms with van der Waals surface area (Å²) in [6.45, 7) is 104. The first-order valence-corrected chi connectivity index (χ1v) is 59.6. The predicted molar refractivity (Wildman–Crippen MR) is 643 cm³/mol. The quantitative estimate of drug-likeness (QED) is 0.0123. The summed E-state index contributed by atoms with van der Waals surface area (Å²) in [6, 6.07) is 78.8. The highest BCUT2D eigenvalue weighted by molar-refractivity contribution is 6.81. The molecule has 0 fully saturated rings. The molecule has 12 nitrogen and oxygen atoms in total. The number of hydrogen-bond acceptors (Lipinski definition) is 12. The molecule has 828 valence electrons. The van der Waals surface area contributed by atoms with Gasteiger partial charge in [0.1, 0.15) is 31.2 Å². The van der Waals surface area contributed by atoms with Crippen molar-refractivity contribution >= 4 is 53.2 Å². The summed E-state index contributed by atoms with van der Waals surface area (Å²) in [4.78, 5) is 65.6. The van der Waals surface area contributed by atoms with Crippen molar-refractivity contribution in [3.8, 4) is 11.1 Å². The second-order valence-electron chi connectivity index (χ2n) is 48.1. The highest BCUT2D eigenvalue weighted by Gasteiger charge is 2.40. The molecular weight excluding hydrogens is 1850 g/mol. The molecule has 0 saturated carbocycles. The van der Waals surface area contributed by atoms with E-state index in [9.17, 15) is 28.8 Å². The number of carbonyl (C=O) groups excluding carboxylic acids is 6. The van der Waals surface area contributed by atoms with Crippen LogP contribution in [-0.4, -0.2) is 83.8 Å². The molecule has 0 unspecified atom stereocenters. The van der Waals surface area contributed by atoms with Gasteiger partial charge in [0.05, 0.1) is 50.9 Å². The zero-order chi connectivity index (χ0) is 114. The van der Waals surface area contributed by atoms with Gasteiger partial charge in [0, 0.05) is 26.8 Å². The third kappa shape index (κ3) is 71.9. The van der Waals surface area contributed by atoms with Crippen molar-refractivity contribution in [1.29, 1.82) is 0 Å². The Morgan fingerprint density at radius 3 is 0.939 bits per heavy atom. The molecule has 0 heterocycles. The van der Waals surface area contributed by atoms with Crippen LogP contribution < -0.4 is 0 Å². The fourth-order valence-electron chi connectivity index (χ4n) is 12.5. The molecule has 9 rings (SSSR count). The lowest BCUT2D eigenvalue weighted by Crippen LogP contribution is -2.39. The first-order chi connectivity index (χ1) is 68.0. The van der Waals surface area contributed by atoms with Gasteiger partial charge in [-0.25, -0.2) is 0 Å². The van der Waals surface area contributed by atoms with Crippen molar-refractivity contribution in [2.24, 2.45) is 82.3 Å². The van der Waals surface area contributed by atoms with Crippen molar-refractivity contribution in [3.63, 3.8) is 0 Å². The van der Waals surface area contributed by atoms with Crippen molar-refractivity contribution in [1.82, 2.24) is 0 Å². The number of esters is 5. The minimum Gasteiger partial charge on any atom is -0.466 e. The molecule has 0 bridgehead atoms. The summed E-state index contributed by atoms with van der Waals surface area (Å²) in [5.41, 5.74) is 14.8. The summed E-state index contributed by atoms with van der Waals surface area (Å²) in [5, 5.41) is 9.84. The molecule has 8 aromatic carbocycles. The van der Waals surface area contributed by atoms with Crippen LogP contribution in [0.1, 0.15) is 367 Å². The summed E-state index contributed by atoms with van der Waals surface area (Å²) < 4.78 is 25.4. The van der Waals surface area contributed by atoms with E-state index in [1.807, 2.05) is 151 Å². The number of hydrogen-bond donors (Lipinski definition) is 1. The van der Waals surface area contributed by atoms with Gasteiger partial charge in [-0.1, -0.05) is 538 Å². The van der Waals surface area contributed by atoms with Gasteiger partial charge in [0.25, 0.3) is 0 Å². The van der Waals surface area contributed by atoms with E-state index in [2.05, 4.69) is 383 Å². The van der Waals surface area contributed by atoms with Gasteiger partial charge < -0.3 is 28.8 Å². The van der Waals surface area contributed by atoms with Gasteiger partial charge in [0.2, 0.25) is 0 Å². The fourth-order valence-corrected chi connectivity index (χ4v) is 15.6. The molecule has 0 radical (unpaired) electrons. The van der Waals surface area contributed by atoms with E-state index in [-0.39, 0.29) is 104 Å². The van der Waals surface area contributed by atoms with E-state index in [4.69, 9.17) is 28.8 Å². The Balaban J connectivity index is -0.000000505. The maximum atomic E-state index is 11.7. The smallest absolute Gasteiger partial charge is 0.308 e. The second-order valence-corrected chi connectivity index (χ2v) is 57.5. The maximum Gasteiger partial charge on any atom is 0.308 e. The van der Waals surface area contributed by atoms with E-state index in [0.717, 1.165) is 65.1 Å². The van der Waals surface area contributed by atoms with Crippen LogP contribution in [0.5, 0.6) is 0 Å². The first-order valence-electron chi connectivity index (χ1n) is 54.8. The van der Waals surface area contributed by atoms with Crippen molar-refractivity contribution < 1.29 is 57.6 Å². The number of Topliss-reactive ketones (excluding diaryl/α,β-unsaturated/α-hetero) is 1. The second kappa shape index (κ2) is 79.7. The van der Waals surface area contributed by atoms with E-state index >= 15 is 0 Å². The molecule has 0 amide bonds. The van der Waals surface area contributed by atoms with Crippen LogP contribution in [0.4, 0.5) is 0 Å². The van der Waals surface area contributed by atoms with Crippen LogP contribution >= 0.6 is 0 Å². The summed E-state index contributed by atoms with van der Waals surface area (Å²) in [6.07, 6.45) is 8.26. The van der Waals surface area contributed by atoms with Gasteiger partial charge in [-0.15, -0.1) is 6.58 Å². The number of fused-ring (bicyclic) bond motifs is 3. The van der Waals surface area contributed by atoms with Gasteiger partial charge in [-0.05, 0) is 171 Å². The first kappa shape index (κ1) is 146. The zero-order valence-corrected chi connectivity index (χ0v) is 104. The largest absolute Gasteiger partial charge is 0.466 e. The molecule has 147 heavy (non-hydrogen) atoms. The lowest BCUT2D eigenvalue weighted by Gasteiger charge is -2.40. The van der Waals surface area contributed by atoms with Gasteiger partial charge in [-0.2, -0.15) is 0 Å².